The number of nitrogens with one attached hydrogen (secondary N) is 1. The summed E-state index contributed by atoms with van der Waals surface area (Å²) in [5, 5.41) is 3.72. The van der Waals surface area contributed by atoms with Crippen LogP contribution in [0.1, 0.15) is 59.8 Å². The Balaban J connectivity index is 1.34. The molecule has 2 atom stereocenters. The SMILES string of the molecule is CCOc1ccc(NC(=O)CCC2=NC(=O)C3C(=N2)SC2=C3CCC(C(C)(C)C)C2)cc1. The van der Waals surface area contributed by atoms with Gasteiger partial charge in [-0.3, -0.25) is 9.59 Å². The predicted molar refractivity (Wildman–Crippen MR) is 130 cm³/mol. The van der Waals surface area contributed by atoms with Crippen LogP contribution in [0.25, 0.3) is 0 Å². The first kappa shape index (κ1) is 22.8. The number of benzene rings is 1. The molecule has 2 aliphatic heterocycles. The van der Waals surface area contributed by atoms with E-state index in [1.807, 2.05) is 31.2 Å². The molecule has 32 heavy (non-hydrogen) atoms. The Kier molecular flexibility index (Phi) is 6.56. The number of carbonyl (C=O) groups is 2. The van der Waals surface area contributed by atoms with E-state index in [1.54, 1.807) is 11.8 Å². The predicted octanol–water partition coefficient (Wildman–Crippen LogP) is 5.60. The highest BCUT2D eigenvalue weighted by atomic mass is 32.2. The van der Waals surface area contributed by atoms with Gasteiger partial charge in [-0.25, -0.2) is 4.99 Å². The molecule has 2 amide bonds. The molecule has 1 aromatic rings. The monoisotopic (exact) mass is 453 g/mol. The fourth-order valence-electron chi connectivity index (χ4n) is 4.46. The number of aliphatic imine (C=N–C) groups is 2. The lowest BCUT2D eigenvalue weighted by Gasteiger charge is -2.34. The highest BCUT2D eigenvalue weighted by molar-refractivity contribution is 8.17. The Morgan fingerprint density at radius 1 is 1.22 bits per heavy atom. The van der Waals surface area contributed by atoms with Crippen LogP contribution in [0.4, 0.5) is 5.69 Å². The molecule has 170 valence electrons. The van der Waals surface area contributed by atoms with E-state index in [1.165, 1.54) is 10.5 Å². The summed E-state index contributed by atoms with van der Waals surface area (Å²) in [4.78, 5) is 35.4. The third-order valence-corrected chi connectivity index (χ3v) is 7.56. The number of amidine groups is 1. The van der Waals surface area contributed by atoms with Crippen LogP contribution in [-0.4, -0.2) is 29.3 Å². The van der Waals surface area contributed by atoms with Gasteiger partial charge in [0.05, 0.1) is 11.7 Å². The highest BCUT2D eigenvalue weighted by Gasteiger charge is 2.43. The topological polar surface area (TPSA) is 80.1 Å². The van der Waals surface area contributed by atoms with Crippen molar-refractivity contribution in [2.24, 2.45) is 27.2 Å². The summed E-state index contributed by atoms with van der Waals surface area (Å²) >= 11 is 1.66. The first-order valence-electron chi connectivity index (χ1n) is 11.4. The number of carbonyl (C=O) groups excluding carboxylic acids is 2. The van der Waals surface area contributed by atoms with E-state index in [2.05, 4.69) is 36.1 Å². The van der Waals surface area contributed by atoms with Crippen molar-refractivity contribution in [1.29, 1.82) is 0 Å². The Morgan fingerprint density at radius 3 is 2.66 bits per heavy atom. The molecule has 2 unspecified atom stereocenters. The molecule has 0 fully saturated rings. The second-order valence-corrected chi connectivity index (χ2v) is 10.7. The van der Waals surface area contributed by atoms with Crippen molar-refractivity contribution in [2.75, 3.05) is 11.9 Å². The number of rotatable bonds is 6. The molecule has 0 radical (unpaired) electrons. The van der Waals surface area contributed by atoms with E-state index in [9.17, 15) is 9.59 Å². The van der Waals surface area contributed by atoms with Crippen molar-refractivity contribution in [2.45, 2.75) is 59.8 Å². The van der Waals surface area contributed by atoms with Gasteiger partial charge in [-0.05, 0) is 72.3 Å². The molecule has 1 aliphatic carbocycles. The number of anilines is 1. The van der Waals surface area contributed by atoms with Crippen LogP contribution < -0.4 is 10.1 Å². The maximum Gasteiger partial charge on any atom is 0.261 e. The molecule has 0 aromatic heterocycles. The number of hydrogen-bond acceptors (Lipinski definition) is 5. The first-order chi connectivity index (χ1) is 15.2. The maximum absolute atomic E-state index is 12.8. The Bertz CT molecular complexity index is 1000. The van der Waals surface area contributed by atoms with Crippen LogP contribution in [0.2, 0.25) is 0 Å². The largest absolute Gasteiger partial charge is 0.494 e. The van der Waals surface area contributed by atoms with Crippen molar-refractivity contribution in [3.05, 3.63) is 34.7 Å². The molecule has 3 aliphatic rings. The highest BCUT2D eigenvalue weighted by Crippen LogP contribution is 2.52. The van der Waals surface area contributed by atoms with E-state index >= 15 is 0 Å². The molecule has 0 saturated heterocycles. The Labute approximate surface area is 194 Å². The molecule has 0 saturated carbocycles. The molecule has 7 heteroatoms. The van der Waals surface area contributed by atoms with Gasteiger partial charge >= 0.3 is 0 Å². The molecule has 4 rings (SSSR count). The minimum absolute atomic E-state index is 0.122. The van der Waals surface area contributed by atoms with Gasteiger partial charge in [-0.1, -0.05) is 32.5 Å². The summed E-state index contributed by atoms with van der Waals surface area (Å²) in [6.45, 7) is 9.40. The first-order valence-corrected chi connectivity index (χ1v) is 12.2. The van der Waals surface area contributed by atoms with Gasteiger partial charge < -0.3 is 10.1 Å². The van der Waals surface area contributed by atoms with Crippen LogP contribution in [0.3, 0.4) is 0 Å². The molecule has 6 nitrogen and oxygen atoms in total. The third-order valence-electron chi connectivity index (χ3n) is 6.35. The lowest BCUT2D eigenvalue weighted by molar-refractivity contribution is -0.119. The van der Waals surface area contributed by atoms with E-state index in [4.69, 9.17) is 4.74 Å². The second-order valence-electron chi connectivity index (χ2n) is 9.61. The zero-order valence-electron chi connectivity index (χ0n) is 19.2. The van der Waals surface area contributed by atoms with Gasteiger partial charge in [-0.15, -0.1) is 0 Å². The van der Waals surface area contributed by atoms with Gasteiger partial charge in [0, 0.05) is 18.5 Å². The number of nitrogens with zero attached hydrogens (tertiary/aromatic N) is 2. The van der Waals surface area contributed by atoms with Gasteiger partial charge in [-0.2, -0.15) is 4.99 Å². The summed E-state index contributed by atoms with van der Waals surface area (Å²) < 4.78 is 5.41. The summed E-state index contributed by atoms with van der Waals surface area (Å²) in [6, 6.07) is 7.27. The fraction of sp³-hybridized carbons (Fsp3) is 0.520. The number of allylic oxidation sites excluding steroid dienone is 1. The average Bonchev–Trinajstić information content (AvgIpc) is 3.11. The van der Waals surface area contributed by atoms with Crippen LogP contribution in [-0.2, 0) is 9.59 Å². The van der Waals surface area contributed by atoms with E-state index in [0.717, 1.165) is 30.1 Å². The summed E-state index contributed by atoms with van der Waals surface area (Å²) in [5.74, 6) is 1.32. The zero-order chi connectivity index (χ0) is 22.9. The van der Waals surface area contributed by atoms with E-state index in [-0.39, 0.29) is 29.6 Å². The smallest absolute Gasteiger partial charge is 0.261 e. The number of fused-ring (bicyclic) bond motifs is 2. The third kappa shape index (κ3) is 4.98. The zero-order valence-corrected chi connectivity index (χ0v) is 20.1. The Morgan fingerprint density at radius 2 is 1.97 bits per heavy atom. The molecular formula is C25H31N3O3S. The number of thioether (sulfide) groups is 1. The van der Waals surface area contributed by atoms with Crippen LogP contribution in [0.15, 0.2) is 44.7 Å². The quantitative estimate of drug-likeness (QED) is 0.607. The lowest BCUT2D eigenvalue weighted by atomic mass is 9.71. The van der Waals surface area contributed by atoms with E-state index in [0.29, 0.717) is 30.5 Å². The molecule has 2 heterocycles. The molecular weight excluding hydrogens is 422 g/mol. The average molecular weight is 454 g/mol. The molecule has 1 N–H and O–H groups in total. The van der Waals surface area contributed by atoms with Gasteiger partial charge in [0.25, 0.3) is 5.91 Å². The van der Waals surface area contributed by atoms with Crippen molar-refractivity contribution >= 4 is 40.1 Å². The minimum atomic E-state index is -0.280. The molecule has 1 aromatic carbocycles. The van der Waals surface area contributed by atoms with Gasteiger partial charge in [0.15, 0.2) is 0 Å². The molecule has 0 spiro atoms. The van der Waals surface area contributed by atoms with Crippen molar-refractivity contribution in [3.63, 3.8) is 0 Å². The van der Waals surface area contributed by atoms with Crippen molar-refractivity contribution in [1.82, 2.24) is 0 Å². The van der Waals surface area contributed by atoms with Gasteiger partial charge in [0.2, 0.25) is 5.91 Å². The van der Waals surface area contributed by atoms with Gasteiger partial charge in [0.1, 0.15) is 17.5 Å². The molecule has 0 bridgehead atoms. The summed E-state index contributed by atoms with van der Waals surface area (Å²) in [7, 11) is 0. The second kappa shape index (κ2) is 9.22. The fourth-order valence-corrected chi connectivity index (χ4v) is 5.86. The standard InChI is InChI=1S/C25H31N3O3S/c1-5-31-17-9-7-16(8-10-17)26-21(29)13-12-20-27-23(30)22-18-11-6-15(25(2,3)4)14-19(18)32-24(22)28-20/h7-10,15,22H,5-6,11-14H2,1-4H3,(H,26,29). The van der Waals surface area contributed by atoms with Crippen LogP contribution in [0, 0.1) is 17.3 Å². The number of hydrogen-bond donors (Lipinski definition) is 1. The summed E-state index contributed by atoms with van der Waals surface area (Å²) in [6.07, 6.45) is 3.66. The number of amides is 2. The summed E-state index contributed by atoms with van der Waals surface area (Å²) in [5.41, 5.74) is 2.20. The number of ether oxygens (including phenoxy) is 1. The maximum atomic E-state index is 12.8. The lowest BCUT2D eigenvalue weighted by Crippen LogP contribution is -2.28. The normalized spacial score (nSPS) is 22.7. The van der Waals surface area contributed by atoms with Crippen LogP contribution >= 0.6 is 11.8 Å². The van der Waals surface area contributed by atoms with Crippen molar-refractivity contribution < 1.29 is 14.3 Å². The minimum Gasteiger partial charge on any atom is -0.494 e. The van der Waals surface area contributed by atoms with E-state index < -0.39 is 0 Å². The van der Waals surface area contributed by atoms with Crippen LogP contribution in [0.5, 0.6) is 5.75 Å². The van der Waals surface area contributed by atoms with Crippen molar-refractivity contribution in [3.8, 4) is 5.75 Å². The Hall–Kier alpha value is -2.41.